The number of aromatic nitrogens is 2. The van der Waals surface area contributed by atoms with Crippen molar-refractivity contribution in [3.05, 3.63) is 59.2 Å². The standard InChI is InChI=1S/C17H18N2O2/c20-17(21)10-9-13-5-7-14(8-6-13)11-19-12-18-15-3-1-2-4-16(15)19/h5-10,12H,1-4,11H2,(H,20,21)/b10-9+. The van der Waals surface area contributed by atoms with Crippen LogP contribution in [-0.2, 0) is 24.2 Å². The summed E-state index contributed by atoms with van der Waals surface area (Å²) in [7, 11) is 0. The monoisotopic (exact) mass is 282 g/mol. The molecule has 0 saturated heterocycles. The molecule has 0 atom stereocenters. The van der Waals surface area contributed by atoms with Crippen LogP contribution < -0.4 is 0 Å². The molecule has 2 aromatic rings. The molecule has 1 aliphatic carbocycles. The van der Waals surface area contributed by atoms with Crippen molar-refractivity contribution in [2.45, 2.75) is 32.2 Å². The van der Waals surface area contributed by atoms with Crippen LogP contribution in [0.1, 0.15) is 35.4 Å². The van der Waals surface area contributed by atoms with Gasteiger partial charge in [0.15, 0.2) is 0 Å². The van der Waals surface area contributed by atoms with E-state index in [9.17, 15) is 4.79 Å². The number of hydrogen-bond donors (Lipinski definition) is 1. The van der Waals surface area contributed by atoms with Gasteiger partial charge in [0.2, 0.25) is 0 Å². The molecule has 21 heavy (non-hydrogen) atoms. The van der Waals surface area contributed by atoms with E-state index in [4.69, 9.17) is 5.11 Å². The second kappa shape index (κ2) is 5.95. The van der Waals surface area contributed by atoms with Crippen LogP contribution >= 0.6 is 0 Å². The number of aryl methyl sites for hydroxylation is 1. The molecule has 0 unspecified atom stereocenters. The summed E-state index contributed by atoms with van der Waals surface area (Å²) in [4.78, 5) is 15.0. The van der Waals surface area contributed by atoms with Crippen LogP contribution in [0.5, 0.6) is 0 Å². The van der Waals surface area contributed by atoms with Crippen molar-refractivity contribution < 1.29 is 9.90 Å². The molecule has 1 heterocycles. The molecule has 4 heteroatoms. The number of carbonyl (C=O) groups is 1. The van der Waals surface area contributed by atoms with Crippen LogP contribution in [0.4, 0.5) is 0 Å². The number of rotatable bonds is 4. The van der Waals surface area contributed by atoms with E-state index in [0.717, 1.165) is 31.0 Å². The maximum Gasteiger partial charge on any atom is 0.328 e. The van der Waals surface area contributed by atoms with Gasteiger partial charge in [0.05, 0.1) is 12.0 Å². The van der Waals surface area contributed by atoms with Gasteiger partial charge in [0.1, 0.15) is 0 Å². The Morgan fingerprint density at radius 2 is 2.00 bits per heavy atom. The molecule has 0 saturated carbocycles. The largest absolute Gasteiger partial charge is 0.478 e. The number of aliphatic carboxylic acids is 1. The minimum absolute atomic E-state index is 0.825. The van der Waals surface area contributed by atoms with Crippen molar-refractivity contribution in [1.82, 2.24) is 9.55 Å². The number of carboxylic acids is 1. The zero-order valence-corrected chi connectivity index (χ0v) is 11.8. The van der Waals surface area contributed by atoms with Crippen LogP contribution in [0.25, 0.3) is 6.08 Å². The lowest BCUT2D eigenvalue weighted by molar-refractivity contribution is -0.131. The molecule has 0 radical (unpaired) electrons. The highest BCUT2D eigenvalue weighted by molar-refractivity contribution is 5.85. The van der Waals surface area contributed by atoms with Crippen molar-refractivity contribution >= 4 is 12.0 Å². The lowest BCUT2D eigenvalue weighted by atomic mass is 10.0. The number of nitrogens with zero attached hydrogens (tertiary/aromatic N) is 2. The van der Waals surface area contributed by atoms with E-state index in [2.05, 4.69) is 9.55 Å². The van der Waals surface area contributed by atoms with Crippen LogP contribution in [0.2, 0.25) is 0 Å². The number of carboxylic acid groups (broad SMARTS) is 1. The Hall–Kier alpha value is -2.36. The third kappa shape index (κ3) is 3.21. The Kier molecular flexibility index (Phi) is 3.86. The van der Waals surface area contributed by atoms with Crippen LogP contribution in [0.15, 0.2) is 36.7 Å². The van der Waals surface area contributed by atoms with Crippen molar-refractivity contribution in [3.63, 3.8) is 0 Å². The van der Waals surface area contributed by atoms with Gasteiger partial charge in [-0.1, -0.05) is 24.3 Å². The molecule has 1 aliphatic rings. The Morgan fingerprint density at radius 3 is 2.76 bits per heavy atom. The first-order valence-electron chi connectivity index (χ1n) is 7.25. The molecule has 108 valence electrons. The Labute approximate surface area is 123 Å². The molecule has 0 spiro atoms. The predicted octanol–water partition coefficient (Wildman–Crippen LogP) is 2.91. The molecular weight excluding hydrogens is 264 g/mol. The molecule has 0 aliphatic heterocycles. The molecule has 1 N–H and O–H groups in total. The van der Waals surface area contributed by atoms with Gasteiger partial charge in [-0.15, -0.1) is 0 Å². The molecule has 0 fully saturated rings. The number of benzene rings is 1. The maximum absolute atomic E-state index is 10.5. The second-order valence-electron chi connectivity index (χ2n) is 5.39. The van der Waals surface area contributed by atoms with Gasteiger partial charge >= 0.3 is 5.97 Å². The van der Waals surface area contributed by atoms with Gasteiger partial charge in [0, 0.05) is 18.3 Å². The van der Waals surface area contributed by atoms with E-state index in [1.54, 1.807) is 6.08 Å². The Bertz CT molecular complexity index is 669. The van der Waals surface area contributed by atoms with Gasteiger partial charge in [0.25, 0.3) is 0 Å². The first kappa shape index (κ1) is 13.6. The highest BCUT2D eigenvalue weighted by atomic mass is 16.4. The smallest absolute Gasteiger partial charge is 0.328 e. The average Bonchev–Trinajstić information content (AvgIpc) is 2.90. The summed E-state index contributed by atoms with van der Waals surface area (Å²) < 4.78 is 2.23. The van der Waals surface area contributed by atoms with Gasteiger partial charge in [-0.05, 0) is 42.9 Å². The molecule has 1 aromatic heterocycles. The lowest BCUT2D eigenvalue weighted by Gasteiger charge is -2.14. The predicted molar refractivity (Wildman–Crippen MR) is 81.1 cm³/mol. The third-order valence-corrected chi connectivity index (χ3v) is 3.86. The topological polar surface area (TPSA) is 55.1 Å². The summed E-state index contributed by atoms with van der Waals surface area (Å²) in [5, 5.41) is 8.62. The molecule has 0 amide bonds. The van der Waals surface area contributed by atoms with Gasteiger partial charge in [-0.25, -0.2) is 9.78 Å². The third-order valence-electron chi connectivity index (χ3n) is 3.86. The van der Waals surface area contributed by atoms with Crippen molar-refractivity contribution in [3.8, 4) is 0 Å². The number of fused-ring (bicyclic) bond motifs is 1. The van der Waals surface area contributed by atoms with Crippen molar-refractivity contribution in [2.75, 3.05) is 0 Å². The molecular formula is C17H18N2O2. The molecule has 4 nitrogen and oxygen atoms in total. The summed E-state index contributed by atoms with van der Waals surface area (Å²) in [5.74, 6) is -0.927. The fourth-order valence-electron chi connectivity index (χ4n) is 2.77. The summed E-state index contributed by atoms with van der Waals surface area (Å²) >= 11 is 0. The maximum atomic E-state index is 10.5. The van der Waals surface area contributed by atoms with Crippen molar-refractivity contribution in [2.24, 2.45) is 0 Å². The lowest BCUT2D eigenvalue weighted by Crippen LogP contribution is -2.08. The zero-order valence-electron chi connectivity index (χ0n) is 11.8. The SMILES string of the molecule is O=C(O)/C=C/c1ccc(Cn2cnc3c2CCCC3)cc1. The molecule has 0 bridgehead atoms. The second-order valence-corrected chi connectivity index (χ2v) is 5.39. The Morgan fingerprint density at radius 1 is 1.24 bits per heavy atom. The fraction of sp³-hybridized carbons (Fsp3) is 0.294. The Balaban J connectivity index is 1.73. The highest BCUT2D eigenvalue weighted by Crippen LogP contribution is 2.20. The van der Waals surface area contributed by atoms with E-state index in [-0.39, 0.29) is 0 Å². The summed E-state index contributed by atoms with van der Waals surface area (Å²) in [5.41, 5.74) is 4.72. The average molecular weight is 282 g/mol. The quantitative estimate of drug-likeness (QED) is 0.877. The minimum atomic E-state index is -0.927. The van der Waals surface area contributed by atoms with Crippen LogP contribution in [0, 0.1) is 0 Å². The first-order valence-corrected chi connectivity index (χ1v) is 7.25. The van der Waals surface area contributed by atoms with E-state index in [0.29, 0.717) is 0 Å². The van der Waals surface area contributed by atoms with E-state index in [1.807, 2.05) is 30.6 Å². The van der Waals surface area contributed by atoms with E-state index >= 15 is 0 Å². The fourth-order valence-corrected chi connectivity index (χ4v) is 2.77. The number of hydrogen-bond acceptors (Lipinski definition) is 2. The van der Waals surface area contributed by atoms with Gasteiger partial charge in [-0.3, -0.25) is 0 Å². The first-order chi connectivity index (χ1) is 10.2. The van der Waals surface area contributed by atoms with E-state index < -0.39 is 5.97 Å². The summed E-state index contributed by atoms with van der Waals surface area (Å²) in [6, 6.07) is 7.96. The summed E-state index contributed by atoms with van der Waals surface area (Å²) in [6.07, 6.45) is 9.41. The minimum Gasteiger partial charge on any atom is -0.478 e. The van der Waals surface area contributed by atoms with Gasteiger partial charge in [-0.2, -0.15) is 0 Å². The zero-order chi connectivity index (χ0) is 14.7. The van der Waals surface area contributed by atoms with Crippen molar-refractivity contribution in [1.29, 1.82) is 0 Å². The molecule has 1 aromatic carbocycles. The van der Waals surface area contributed by atoms with Gasteiger partial charge < -0.3 is 9.67 Å². The van der Waals surface area contributed by atoms with E-state index in [1.165, 1.54) is 29.8 Å². The summed E-state index contributed by atoms with van der Waals surface area (Å²) in [6.45, 7) is 0.825. The van der Waals surface area contributed by atoms with Crippen LogP contribution in [-0.4, -0.2) is 20.6 Å². The van der Waals surface area contributed by atoms with Crippen LogP contribution in [0.3, 0.4) is 0 Å². The number of imidazole rings is 1. The normalized spacial score (nSPS) is 14.3. The highest BCUT2D eigenvalue weighted by Gasteiger charge is 2.14. The molecule has 3 rings (SSSR count).